The van der Waals surface area contributed by atoms with Gasteiger partial charge in [-0.1, -0.05) is 26.8 Å². The number of esters is 1. The van der Waals surface area contributed by atoms with Gasteiger partial charge in [-0.05, 0) is 100 Å². The first-order valence-corrected chi connectivity index (χ1v) is 11.4. The highest BCUT2D eigenvalue weighted by molar-refractivity contribution is 5.87. The Morgan fingerprint density at radius 2 is 1.67 bits per heavy atom. The first-order chi connectivity index (χ1) is 12.6. The average molecular weight is 371 g/mol. The van der Waals surface area contributed by atoms with Crippen molar-refractivity contribution in [3.05, 3.63) is 12.2 Å². The van der Waals surface area contributed by atoms with Crippen molar-refractivity contribution in [2.24, 2.45) is 39.9 Å². The van der Waals surface area contributed by atoms with Crippen LogP contribution >= 0.6 is 0 Å². The van der Waals surface area contributed by atoms with Crippen LogP contribution in [0.5, 0.6) is 0 Å². The van der Waals surface area contributed by atoms with E-state index in [1.165, 1.54) is 64.2 Å². The maximum Gasteiger partial charge on any atom is 0.333 e. The molecular formula is C25H38O2. The minimum Gasteiger partial charge on any atom is -0.455 e. The van der Waals surface area contributed by atoms with Crippen molar-refractivity contribution in [1.82, 2.24) is 0 Å². The lowest BCUT2D eigenvalue weighted by Crippen LogP contribution is -2.66. The van der Waals surface area contributed by atoms with Crippen LogP contribution in [0.1, 0.15) is 91.9 Å². The molecule has 0 radical (unpaired) electrons. The van der Waals surface area contributed by atoms with E-state index >= 15 is 0 Å². The normalized spacial score (nSPS) is 52.0. The van der Waals surface area contributed by atoms with Crippen LogP contribution in [0.4, 0.5) is 0 Å². The van der Waals surface area contributed by atoms with Gasteiger partial charge >= 0.3 is 5.97 Å². The fraction of sp³-hybridized carbons (Fsp3) is 0.880. The van der Waals surface area contributed by atoms with E-state index < -0.39 is 0 Å². The van der Waals surface area contributed by atoms with E-state index in [2.05, 4.69) is 27.4 Å². The Morgan fingerprint density at radius 1 is 1.00 bits per heavy atom. The molecular weight excluding hydrogens is 332 g/mol. The zero-order chi connectivity index (χ0) is 19.2. The van der Waals surface area contributed by atoms with E-state index in [0.29, 0.717) is 22.3 Å². The van der Waals surface area contributed by atoms with Gasteiger partial charge in [0, 0.05) is 16.9 Å². The third kappa shape index (κ3) is 2.53. The second-order valence-corrected chi connectivity index (χ2v) is 12.5. The molecule has 6 rings (SSSR count). The number of rotatable bonds is 4. The summed E-state index contributed by atoms with van der Waals surface area (Å²) in [5.74, 6) is 2.89. The van der Waals surface area contributed by atoms with E-state index in [4.69, 9.17) is 4.74 Å². The average Bonchev–Trinajstić information content (AvgIpc) is 3.14. The van der Waals surface area contributed by atoms with Gasteiger partial charge in [-0.3, -0.25) is 0 Å². The van der Waals surface area contributed by atoms with Gasteiger partial charge in [0.2, 0.25) is 0 Å². The Kier molecular flexibility index (Phi) is 3.66. The van der Waals surface area contributed by atoms with Gasteiger partial charge in [-0.25, -0.2) is 4.79 Å². The zero-order valence-corrected chi connectivity index (χ0v) is 17.9. The summed E-state index contributed by atoms with van der Waals surface area (Å²) in [6.07, 6.45) is 13.4. The molecule has 6 aliphatic rings. The Hall–Kier alpha value is -0.790. The monoisotopic (exact) mass is 370 g/mol. The fourth-order valence-electron chi connectivity index (χ4n) is 9.78. The molecule has 0 aromatic heterocycles. The number of ether oxygens (including phenoxy) is 1. The minimum atomic E-state index is -0.315. The van der Waals surface area contributed by atoms with E-state index in [1.54, 1.807) is 0 Å². The van der Waals surface area contributed by atoms with E-state index in [-0.39, 0.29) is 17.0 Å². The smallest absolute Gasteiger partial charge is 0.333 e. The molecule has 6 unspecified atom stereocenters. The molecule has 6 bridgehead atoms. The van der Waals surface area contributed by atoms with Gasteiger partial charge in [-0.2, -0.15) is 0 Å². The predicted molar refractivity (Wildman–Crippen MR) is 108 cm³/mol. The van der Waals surface area contributed by atoms with Crippen molar-refractivity contribution in [1.29, 1.82) is 0 Å². The van der Waals surface area contributed by atoms with Crippen molar-refractivity contribution in [2.45, 2.75) is 97.5 Å². The molecule has 6 atom stereocenters. The van der Waals surface area contributed by atoms with Crippen LogP contribution in [0, 0.1) is 39.9 Å². The van der Waals surface area contributed by atoms with Crippen LogP contribution in [0.2, 0.25) is 0 Å². The first-order valence-electron chi connectivity index (χ1n) is 11.4. The second kappa shape index (κ2) is 5.42. The highest BCUT2D eigenvalue weighted by atomic mass is 16.6. The summed E-state index contributed by atoms with van der Waals surface area (Å²) < 4.78 is 6.57. The van der Waals surface area contributed by atoms with Gasteiger partial charge in [0.25, 0.3) is 0 Å². The van der Waals surface area contributed by atoms with Crippen molar-refractivity contribution in [2.75, 3.05) is 0 Å². The van der Waals surface area contributed by atoms with Crippen LogP contribution in [0.15, 0.2) is 12.2 Å². The van der Waals surface area contributed by atoms with Crippen molar-refractivity contribution < 1.29 is 9.53 Å². The SMILES string of the molecule is C=C(C)C(=O)OC(C)(C1CC2CCC1C2)C12CC3CC(C)(CC(C)(C3)C1)C2. The van der Waals surface area contributed by atoms with Gasteiger partial charge in [0.1, 0.15) is 5.60 Å². The Morgan fingerprint density at radius 3 is 2.15 bits per heavy atom. The summed E-state index contributed by atoms with van der Waals surface area (Å²) in [5.41, 5.74) is 1.32. The largest absolute Gasteiger partial charge is 0.455 e. The molecule has 27 heavy (non-hydrogen) atoms. The third-order valence-electron chi connectivity index (χ3n) is 9.78. The number of carbonyl (C=O) groups is 1. The molecule has 6 aliphatic carbocycles. The minimum absolute atomic E-state index is 0.147. The topological polar surface area (TPSA) is 26.3 Å². The molecule has 6 saturated carbocycles. The van der Waals surface area contributed by atoms with Gasteiger partial charge in [0.15, 0.2) is 0 Å². The van der Waals surface area contributed by atoms with Crippen molar-refractivity contribution in [3.8, 4) is 0 Å². The lowest BCUT2D eigenvalue weighted by molar-refractivity contribution is -0.251. The third-order valence-corrected chi connectivity index (χ3v) is 9.78. The maximum absolute atomic E-state index is 12.9. The van der Waals surface area contributed by atoms with Gasteiger partial charge < -0.3 is 4.74 Å². The number of fused-ring (bicyclic) bond motifs is 2. The molecule has 0 aliphatic heterocycles. The Bertz CT molecular complexity index is 674. The lowest BCUT2D eigenvalue weighted by Gasteiger charge is -2.70. The summed E-state index contributed by atoms with van der Waals surface area (Å²) in [5, 5.41) is 0. The number of hydrogen-bond acceptors (Lipinski definition) is 2. The quantitative estimate of drug-likeness (QED) is 0.429. The Labute approximate surface area is 165 Å². The standard InChI is InChI=1S/C25H38O2/c1-16(2)21(26)27-24(5,20-9-17-6-7-19(20)8-17)25-12-18-10-22(3,14-25)13-23(4,11-18)15-25/h17-20H,1,6-15H2,2-5H3. The predicted octanol–water partition coefficient (Wildman–Crippen LogP) is 6.30. The molecule has 0 spiro atoms. The number of hydrogen-bond donors (Lipinski definition) is 0. The molecule has 0 aromatic carbocycles. The van der Waals surface area contributed by atoms with Crippen LogP contribution in [-0.4, -0.2) is 11.6 Å². The van der Waals surface area contributed by atoms with Gasteiger partial charge in [0.05, 0.1) is 0 Å². The highest BCUT2D eigenvalue weighted by Crippen LogP contribution is 2.74. The summed E-state index contributed by atoms with van der Waals surface area (Å²) in [6, 6.07) is 0. The molecule has 2 nitrogen and oxygen atoms in total. The van der Waals surface area contributed by atoms with E-state index in [9.17, 15) is 4.79 Å². The van der Waals surface area contributed by atoms with Crippen LogP contribution in [0.25, 0.3) is 0 Å². The van der Waals surface area contributed by atoms with E-state index in [1.807, 2.05) is 6.92 Å². The maximum atomic E-state index is 12.9. The zero-order valence-electron chi connectivity index (χ0n) is 17.9. The summed E-state index contributed by atoms with van der Waals surface area (Å²) >= 11 is 0. The van der Waals surface area contributed by atoms with Gasteiger partial charge in [-0.15, -0.1) is 0 Å². The summed E-state index contributed by atoms with van der Waals surface area (Å²) in [6.45, 7) is 13.2. The molecule has 0 N–H and O–H groups in total. The first kappa shape index (κ1) is 18.3. The molecule has 0 heterocycles. The lowest BCUT2D eigenvalue weighted by atomic mass is 9.36. The van der Waals surface area contributed by atoms with Crippen LogP contribution in [-0.2, 0) is 9.53 Å². The van der Waals surface area contributed by atoms with Crippen LogP contribution in [0.3, 0.4) is 0 Å². The molecule has 150 valence electrons. The number of carbonyl (C=O) groups excluding carboxylic acids is 1. The fourth-order valence-corrected chi connectivity index (χ4v) is 9.78. The van der Waals surface area contributed by atoms with E-state index in [0.717, 1.165) is 17.8 Å². The Balaban J connectivity index is 1.58. The van der Waals surface area contributed by atoms with Crippen LogP contribution < -0.4 is 0 Å². The molecule has 0 saturated heterocycles. The molecule has 0 aromatic rings. The molecule has 0 amide bonds. The summed E-state index contributed by atoms with van der Waals surface area (Å²) in [7, 11) is 0. The second-order valence-electron chi connectivity index (χ2n) is 12.5. The van der Waals surface area contributed by atoms with Crippen molar-refractivity contribution >= 4 is 5.97 Å². The summed E-state index contributed by atoms with van der Waals surface area (Å²) in [4.78, 5) is 12.9. The van der Waals surface area contributed by atoms with Crippen molar-refractivity contribution in [3.63, 3.8) is 0 Å². The molecule has 2 heteroatoms. The highest BCUT2D eigenvalue weighted by Gasteiger charge is 2.69. The molecule has 6 fully saturated rings.